The number of hydrogen-bond acceptors (Lipinski definition) is 4. The minimum atomic E-state index is -3.32. The number of benzene rings is 1. The zero-order valence-electron chi connectivity index (χ0n) is 12.8. The second-order valence-corrected chi connectivity index (χ2v) is 7.81. The molecule has 0 N–H and O–H groups in total. The first-order chi connectivity index (χ1) is 10.4. The molecular formula is C15H20N4O2S. The summed E-state index contributed by atoms with van der Waals surface area (Å²) in [6.45, 7) is 0.579. The summed E-state index contributed by atoms with van der Waals surface area (Å²) < 4.78 is 27.5. The van der Waals surface area contributed by atoms with Crippen molar-refractivity contribution in [3.05, 3.63) is 47.5 Å². The Bertz CT molecular complexity index is 751. The fourth-order valence-corrected chi connectivity index (χ4v) is 3.18. The van der Waals surface area contributed by atoms with Gasteiger partial charge in [-0.1, -0.05) is 30.3 Å². The second kappa shape index (κ2) is 5.81. The van der Waals surface area contributed by atoms with E-state index in [1.807, 2.05) is 41.9 Å². The van der Waals surface area contributed by atoms with Gasteiger partial charge in [0, 0.05) is 19.5 Å². The lowest BCUT2D eigenvalue weighted by Gasteiger charge is -2.19. The first-order valence-corrected chi connectivity index (χ1v) is 9.17. The Morgan fingerprint density at radius 1 is 1.18 bits per heavy atom. The van der Waals surface area contributed by atoms with Crippen LogP contribution in [0.3, 0.4) is 0 Å². The molecule has 3 rings (SSSR count). The maximum Gasteiger partial charge on any atom is 0.211 e. The molecule has 118 valence electrons. The molecule has 1 saturated carbocycles. The number of aromatic nitrogens is 3. The number of nitrogens with zero attached hydrogens (tertiary/aromatic N) is 4. The van der Waals surface area contributed by atoms with Crippen LogP contribution in [0.15, 0.2) is 30.3 Å². The van der Waals surface area contributed by atoms with Crippen LogP contribution >= 0.6 is 0 Å². The SMILES string of the molecule is Cn1c(CN(Cc2ccccc2)S(C)(=O)=O)nnc1C1CC1. The molecule has 2 aromatic rings. The molecule has 0 radical (unpaired) electrons. The van der Waals surface area contributed by atoms with Gasteiger partial charge in [-0.25, -0.2) is 8.42 Å². The van der Waals surface area contributed by atoms with Crippen LogP contribution in [-0.4, -0.2) is 33.7 Å². The summed E-state index contributed by atoms with van der Waals surface area (Å²) in [5.41, 5.74) is 0.956. The topological polar surface area (TPSA) is 68.1 Å². The Morgan fingerprint density at radius 2 is 1.86 bits per heavy atom. The summed E-state index contributed by atoms with van der Waals surface area (Å²) in [5, 5.41) is 8.39. The Labute approximate surface area is 130 Å². The van der Waals surface area contributed by atoms with Crippen LogP contribution in [0.2, 0.25) is 0 Å². The molecule has 1 fully saturated rings. The van der Waals surface area contributed by atoms with Crippen molar-refractivity contribution in [3.63, 3.8) is 0 Å². The highest BCUT2D eigenvalue weighted by atomic mass is 32.2. The first-order valence-electron chi connectivity index (χ1n) is 7.32. The molecule has 7 heteroatoms. The van der Waals surface area contributed by atoms with E-state index in [1.165, 1.54) is 10.6 Å². The van der Waals surface area contributed by atoms with Crippen LogP contribution in [0.4, 0.5) is 0 Å². The summed E-state index contributed by atoms with van der Waals surface area (Å²) in [7, 11) is -1.41. The van der Waals surface area contributed by atoms with Gasteiger partial charge >= 0.3 is 0 Å². The van der Waals surface area contributed by atoms with Gasteiger partial charge in [0.15, 0.2) is 0 Å². The summed E-state index contributed by atoms with van der Waals surface area (Å²) >= 11 is 0. The summed E-state index contributed by atoms with van der Waals surface area (Å²) in [6, 6.07) is 9.57. The van der Waals surface area contributed by atoms with Crippen molar-refractivity contribution in [1.29, 1.82) is 0 Å². The van der Waals surface area contributed by atoms with E-state index in [4.69, 9.17) is 0 Å². The quantitative estimate of drug-likeness (QED) is 0.812. The Balaban J connectivity index is 1.81. The maximum absolute atomic E-state index is 12.1. The molecule has 0 aliphatic heterocycles. The van der Waals surface area contributed by atoms with Gasteiger partial charge < -0.3 is 4.57 Å². The van der Waals surface area contributed by atoms with Gasteiger partial charge in [0.05, 0.1) is 12.8 Å². The van der Waals surface area contributed by atoms with E-state index >= 15 is 0 Å². The van der Waals surface area contributed by atoms with E-state index in [1.54, 1.807) is 0 Å². The van der Waals surface area contributed by atoms with Crippen molar-refractivity contribution in [2.24, 2.45) is 7.05 Å². The number of sulfonamides is 1. The number of rotatable bonds is 6. The molecule has 0 bridgehead atoms. The molecule has 0 unspecified atom stereocenters. The van der Waals surface area contributed by atoms with Crippen molar-refractivity contribution >= 4 is 10.0 Å². The Hall–Kier alpha value is -1.73. The minimum Gasteiger partial charge on any atom is -0.317 e. The summed E-state index contributed by atoms with van der Waals surface area (Å²) in [4.78, 5) is 0. The largest absolute Gasteiger partial charge is 0.317 e. The summed E-state index contributed by atoms with van der Waals surface area (Å²) in [6.07, 6.45) is 3.52. The van der Waals surface area contributed by atoms with E-state index in [0.29, 0.717) is 18.3 Å². The molecule has 0 spiro atoms. The molecular weight excluding hydrogens is 300 g/mol. The smallest absolute Gasteiger partial charge is 0.211 e. The molecule has 1 heterocycles. The van der Waals surface area contributed by atoms with E-state index in [-0.39, 0.29) is 6.54 Å². The van der Waals surface area contributed by atoms with Crippen molar-refractivity contribution in [1.82, 2.24) is 19.1 Å². The molecule has 1 aliphatic rings. The lowest BCUT2D eigenvalue weighted by atomic mass is 10.2. The normalized spacial score (nSPS) is 15.4. The molecule has 1 aliphatic carbocycles. The van der Waals surface area contributed by atoms with E-state index in [0.717, 1.165) is 24.2 Å². The predicted molar refractivity (Wildman–Crippen MR) is 83.5 cm³/mol. The monoisotopic (exact) mass is 320 g/mol. The van der Waals surface area contributed by atoms with Crippen molar-refractivity contribution < 1.29 is 8.42 Å². The van der Waals surface area contributed by atoms with Gasteiger partial charge in [-0.05, 0) is 18.4 Å². The van der Waals surface area contributed by atoms with Crippen LogP contribution in [0, 0.1) is 0 Å². The van der Waals surface area contributed by atoms with E-state index < -0.39 is 10.0 Å². The van der Waals surface area contributed by atoms with Gasteiger partial charge in [0.2, 0.25) is 10.0 Å². The zero-order valence-corrected chi connectivity index (χ0v) is 13.6. The Kier molecular flexibility index (Phi) is 4.01. The highest BCUT2D eigenvalue weighted by molar-refractivity contribution is 7.88. The highest BCUT2D eigenvalue weighted by Gasteiger charge is 2.30. The zero-order chi connectivity index (χ0) is 15.7. The third-order valence-electron chi connectivity index (χ3n) is 3.93. The van der Waals surface area contributed by atoms with Crippen LogP contribution < -0.4 is 0 Å². The molecule has 22 heavy (non-hydrogen) atoms. The standard InChI is InChI=1S/C15H20N4O2S/c1-18-14(16-17-15(18)13-8-9-13)11-19(22(2,20)21)10-12-6-4-3-5-7-12/h3-7,13H,8-11H2,1-2H3. The average Bonchev–Trinajstić information content (AvgIpc) is 3.24. The fourth-order valence-electron chi connectivity index (χ4n) is 2.45. The van der Waals surface area contributed by atoms with Crippen molar-refractivity contribution in [3.8, 4) is 0 Å². The average molecular weight is 320 g/mol. The van der Waals surface area contributed by atoms with Crippen molar-refractivity contribution in [2.45, 2.75) is 31.8 Å². The van der Waals surface area contributed by atoms with Gasteiger partial charge in [0.1, 0.15) is 11.6 Å². The van der Waals surface area contributed by atoms with Crippen LogP contribution in [0.5, 0.6) is 0 Å². The molecule has 0 atom stereocenters. The minimum absolute atomic E-state index is 0.240. The maximum atomic E-state index is 12.1. The summed E-state index contributed by atoms with van der Waals surface area (Å²) in [5.74, 6) is 2.14. The van der Waals surface area contributed by atoms with Crippen LogP contribution in [0.25, 0.3) is 0 Å². The molecule has 0 amide bonds. The lowest BCUT2D eigenvalue weighted by molar-refractivity contribution is 0.390. The highest BCUT2D eigenvalue weighted by Crippen LogP contribution is 2.38. The lowest BCUT2D eigenvalue weighted by Crippen LogP contribution is -2.30. The van der Waals surface area contributed by atoms with Gasteiger partial charge in [-0.3, -0.25) is 0 Å². The predicted octanol–water partition coefficient (Wildman–Crippen LogP) is 1.65. The fraction of sp³-hybridized carbons (Fsp3) is 0.467. The third-order valence-corrected chi connectivity index (χ3v) is 5.13. The molecule has 1 aromatic carbocycles. The van der Waals surface area contributed by atoms with Gasteiger partial charge in [-0.15, -0.1) is 10.2 Å². The van der Waals surface area contributed by atoms with Gasteiger partial charge in [-0.2, -0.15) is 4.31 Å². The second-order valence-electron chi connectivity index (χ2n) is 5.82. The third kappa shape index (κ3) is 3.36. The first kappa shape index (κ1) is 15.2. The van der Waals surface area contributed by atoms with E-state index in [9.17, 15) is 8.42 Å². The van der Waals surface area contributed by atoms with Crippen LogP contribution in [0.1, 0.15) is 36.0 Å². The Morgan fingerprint density at radius 3 is 2.45 bits per heavy atom. The van der Waals surface area contributed by atoms with Crippen molar-refractivity contribution in [2.75, 3.05) is 6.26 Å². The van der Waals surface area contributed by atoms with Gasteiger partial charge in [0.25, 0.3) is 0 Å². The van der Waals surface area contributed by atoms with Crippen LogP contribution in [-0.2, 0) is 30.2 Å². The molecule has 6 nitrogen and oxygen atoms in total. The molecule has 1 aromatic heterocycles. The van der Waals surface area contributed by atoms with E-state index in [2.05, 4.69) is 10.2 Å². The molecule has 0 saturated heterocycles. The number of hydrogen-bond donors (Lipinski definition) is 0.